The number of nitrogens with one attached hydrogen (secondary N) is 2. The lowest BCUT2D eigenvalue weighted by molar-refractivity contribution is 0.0847. The highest BCUT2D eigenvalue weighted by Crippen LogP contribution is 2.23. The Bertz CT molecular complexity index is 1410. The summed E-state index contributed by atoms with van der Waals surface area (Å²) in [5.41, 5.74) is 8.68. The summed E-state index contributed by atoms with van der Waals surface area (Å²) in [4.78, 5) is 25.6. The molecule has 3 aromatic carbocycles. The van der Waals surface area contributed by atoms with E-state index in [4.69, 9.17) is 0 Å². The normalized spacial score (nSPS) is 10.6. The molecule has 34 heavy (non-hydrogen) atoms. The molecule has 5 rings (SSSR count). The minimum atomic E-state index is -0.470. The Morgan fingerprint density at radius 1 is 0.676 bits per heavy atom. The molecule has 0 atom stereocenters. The molecule has 2 N–H and O–H groups in total. The third-order valence-electron chi connectivity index (χ3n) is 5.21. The average Bonchev–Trinajstić information content (AvgIpc) is 3.59. The first kappa shape index (κ1) is 20.9. The first-order valence-electron chi connectivity index (χ1n) is 10.6. The molecule has 0 aliphatic carbocycles. The second-order valence-corrected chi connectivity index (χ2v) is 7.44. The molecule has 8 heteroatoms. The van der Waals surface area contributed by atoms with Gasteiger partial charge in [0, 0.05) is 29.7 Å². The second-order valence-electron chi connectivity index (χ2n) is 7.44. The molecule has 0 radical (unpaired) electrons. The van der Waals surface area contributed by atoms with Crippen molar-refractivity contribution in [2.75, 3.05) is 0 Å². The molecule has 0 spiro atoms. The summed E-state index contributed by atoms with van der Waals surface area (Å²) in [5.74, 6) is -0.903. The van der Waals surface area contributed by atoms with E-state index in [1.54, 1.807) is 46.0 Å². The van der Waals surface area contributed by atoms with E-state index >= 15 is 0 Å². The Hall–Kier alpha value is -4.98. The predicted octanol–water partition coefficient (Wildman–Crippen LogP) is 3.80. The lowest BCUT2D eigenvalue weighted by atomic mass is 10.1. The Balaban J connectivity index is 1.35. The van der Waals surface area contributed by atoms with Crippen LogP contribution in [0.25, 0.3) is 22.6 Å². The highest BCUT2D eigenvalue weighted by Gasteiger charge is 2.19. The maximum absolute atomic E-state index is 13.0. The van der Waals surface area contributed by atoms with Gasteiger partial charge in [0.05, 0.1) is 16.9 Å². The molecule has 166 valence electrons. The van der Waals surface area contributed by atoms with Crippen LogP contribution < -0.4 is 10.9 Å². The van der Waals surface area contributed by atoms with Gasteiger partial charge in [0.15, 0.2) is 0 Å². The molecule has 0 aliphatic rings. The minimum absolute atomic E-state index is 0.337. The van der Waals surface area contributed by atoms with Gasteiger partial charge in [0.1, 0.15) is 5.69 Å². The van der Waals surface area contributed by atoms with Crippen molar-refractivity contribution < 1.29 is 9.59 Å². The summed E-state index contributed by atoms with van der Waals surface area (Å²) in [6.07, 6.45) is 5.15. The van der Waals surface area contributed by atoms with E-state index in [0.29, 0.717) is 16.8 Å². The highest BCUT2D eigenvalue weighted by molar-refractivity contribution is 6.02. The number of aromatic nitrogens is 4. The molecular formula is C26H20N6O2. The Morgan fingerprint density at radius 3 is 2.00 bits per heavy atom. The van der Waals surface area contributed by atoms with Crippen molar-refractivity contribution in [3.8, 4) is 22.6 Å². The SMILES string of the molecule is O=C(NNC(=O)c1cn(-c2ccccc2)nc1-c1ccccc1)c1ccc(-n2cccn2)cc1. The zero-order valence-corrected chi connectivity index (χ0v) is 18.0. The van der Waals surface area contributed by atoms with Crippen molar-refractivity contribution >= 4 is 11.8 Å². The van der Waals surface area contributed by atoms with Crippen molar-refractivity contribution in [2.45, 2.75) is 0 Å². The number of hydrogen-bond acceptors (Lipinski definition) is 4. The zero-order valence-electron chi connectivity index (χ0n) is 18.0. The van der Waals surface area contributed by atoms with Crippen molar-refractivity contribution in [1.82, 2.24) is 30.4 Å². The average molecular weight is 448 g/mol. The van der Waals surface area contributed by atoms with Crippen LogP contribution in [0.15, 0.2) is 110 Å². The first-order valence-corrected chi connectivity index (χ1v) is 10.6. The third-order valence-corrected chi connectivity index (χ3v) is 5.21. The number of rotatable bonds is 5. The molecule has 0 bridgehead atoms. The zero-order chi connectivity index (χ0) is 23.3. The second kappa shape index (κ2) is 9.25. The Kier molecular flexibility index (Phi) is 5.69. The van der Waals surface area contributed by atoms with E-state index in [0.717, 1.165) is 16.9 Å². The van der Waals surface area contributed by atoms with E-state index in [2.05, 4.69) is 21.0 Å². The minimum Gasteiger partial charge on any atom is -0.267 e. The van der Waals surface area contributed by atoms with Crippen LogP contribution in [0.5, 0.6) is 0 Å². The number of carbonyl (C=O) groups is 2. The van der Waals surface area contributed by atoms with Crippen LogP contribution in [-0.2, 0) is 0 Å². The van der Waals surface area contributed by atoms with Crippen LogP contribution in [0, 0.1) is 0 Å². The van der Waals surface area contributed by atoms with Gasteiger partial charge in [-0.2, -0.15) is 10.2 Å². The quantitative estimate of drug-likeness (QED) is 0.400. The molecule has 2 aromatic heterocycles. The fourth-order valence-corrected chi connectivity index (χ4v) is 3.50. The van der Waals surface area contributed by atoms with Crippen LogP contribution in [0.1, 0.15) is 20.7 Å². The maximum Gasteiger partial charge on any atom is 0.273 e. The molecule has 8 nitrogen and oxygen atoms in total. The van der Waals surface area contributed by atoms with Crippen LogP contribution in [-0.4, -0.2) is 31.4 Å². The number of benzene rings is 3. The standard InChI is InChI=1S/C26H20N6O2/c33-25(20-12-14-22(15-13-20)31-17-7-16-27-31)28-29-26(34)23-18-32(21-10-5-2-6-11-21)30-24(23)19-8-3-1-4-9-19/h1-18H,(H,28,33)(H,29,34). The molecule has 0 saturated carbocycles. The van der Waals surface area contributed by atoms with Crippen molar-refractivity contribution in [1.29, 1.82) is 0 Å². The van der Waals surface area contributed by atoms with Crippen molar-refractivity contribution in [3.63, 3.8) is 0 Å². The van der Waals surface area contributed by atoms with Crippen LogP contribution in [0.2, 0.25) is 0 Å². The summed E-state index contributed by atoms with van der Waals surface area (Å²) in [6, 6.07) is 27.7. The number of carbonyl (C=O) groups excluding carboxylic acids is 2. The molecule has 0 aliphatic heterocycles. The number of para-hydroxylation sites is 1. The molecule has 0 fully saturated rings. The van der Waals surface area contributed by atoms with Gasteiger partial charge in [-0.25, -0.2) is 9.36 Å². The number of hydrazine groups is 1. The predicted molar refractivity (Wildman–Crippen MR) is 127 cm³/mol. The number of hydrogen-bond donors (Lipinski definition) is 2. The van der Waals surface area contributed by atoms with Gasteiger partial charge < -0.3 is 0 Å². The van der Waals surface area contributed by atoms with Crippen LogP contribution in [0.4, 0.5) is 0 Å². The summed E-state index contributed by atoms with van der Waals surface area (Å²) >= 11 is 0. The van der Waals surface area contributed by atoms with Gasteiger partial charge in [-0.15, -0.1) is 0 Å². The van der Waals surface area contributed by atoms with E-state index in [1.807, 2.05) is 72.9 Å². The van der Waals surface area contributed by atoms with Gasteiger partial charge in [-0.05, 0) is 42.5 Å². The summed E-state index contributed by atoms with van der Waals surface area (Å²) in [6.45, 7) is 0. The topological polar surface area (TPSA) is 93.8 Å². The molecular weight excluding hydrogens is 428 g/mol. The molecule has 0 saturated heterocycles. The smallest absolute Gasteiger partial charge is 0.267 e. The molecule has 2 heterocycles. The summed E-state index contributed by atoms with van der Waals surface area (Å²) < 4.78 is 3.34. The van der Waals surface area contributed by atoms with Gasteiger partial charge in [-0.1, -0.05) is 48.5 Å². The summed E-state index contributed by atoms with van der Waals surface area (Å²) in [7, 11) is 0. The van der Waals surface area contributed by atoms with Crippen LogP contribution in [0.3, 0.4) is 0 Å². The lowest BCUT2D eigenvalue weighted by Gasteiger charge is -2.08. The summed E-state index contributed by atoms with van der Waals surface area (Å²) in [5, 5.41) is 8.79. The first-order chi connectivity index (χ1) is 16.7. The van der Waals surface area contributed by atoms with Gasteiger partial charge >= 0.3 is 0 Å². The largest absolute Gasteiger partial charge is 0.273 e. The van der Waals surface area contributed by atoms with E-state index in [9.17, 15) is 9.59 Å². The molecule has 0 unspecified atom stereocenters. The fraction of sp³-hybridized carbons (Fsp3) is 0. The Morgan fingerprint density at radius 2 is 1.32 bits per heavy atom. The monoisotopic (exact) mass is 448 g/mol. The highest BCUT2D eigenvalue weighted by atomic mass is 16.2. The van der Waals surface area contributed by atoms with Crippen molar-refractivity contribution in [3.05, 3.63) is 121 Å². The lowest BCUT2D eigenvalue weighted by Crippen LogP contribution is -2.41. The third kappa shape index (κ3) is 4.33. The van der Waals surface area contributed by atoms with E-state index in [1.165, 1.54) is 0 Å². The number of amides is 2. The van der Waals surface area contributed by atoms with E-state index in [-0.39, 0.29) is 0 Å². The van der Waals surface area contributed by atoms with Crippen LogP contribution >= 0.6 is 0 Å². The molecule has 2 amide bonds. The maximum atomic E-state index is 13.0. The Labute approximate surface area is 195 Å². The van der Waals surface area contributed by atoms with Gasteiger partial charge in [0.25, 0.3) is 11.8 Å². The van der Waals surface area contributed by atoms with Crippen molar-refractivity contribution in [2.24, 2.45) is 0 Å². The van der Waals surface area contributed by atoms with Gasteiger partial charge in [-0.3, -0.25) is 20.4 Å². The molecule has 5 aromatic rings. The number of nitrogens with zero attached hydrogens (tertiary/aromatic N) is 4. The fourth-order valence-electron chi connectivity index (χ4n) is 3.50. The van der Waals surface area contributed by atoms with E-state index < -0.39 is 11.8 Å². The van der Waals surface area contributed by atoms with Gasteiger partial charge in [0.2, 0.25) is 0 Å².